The highest BCUT2D eigenvalue weighted by atomic mass is 16.5. The van der Waals surface area contributed by atoms with Gasteiger partial charge in [-0.25, -0.2) is 9.97 Å². The Hall–Kier alpha value is -3.41. The van der Waals surface area contributed by atoms with Crippen molar-refractivity contribution in [2.45, 2.75) is 39.7 Å². The molecule has 1 saturated heterocycles. The maximum absolute atomic E-state index is 12.9. The van der Waals surface area contributed by atoms with E-state index in [9.17, 15) is 4.79 Å². The first-order chi connectivity index (χ1) is 15.5. The first-order valence-electron chi connectivity index (χ1n) is 11.2. The van der Waals surface area contributed by atoms with Crippen LogP contribution in [0, 0.1) is 19.8 Å². The summed E-state index contributed by atoms with van der Waals surface area (Å²) in [5.74, 6) is 2.05. The number of amides is 1. The molecule has 2 heterocycles. The molecule has 0 radical (unpaired) electrons. The van der Waals surface area contributed by atoms with Crippen molar-refractivity contribution in [2.24, 2.45) is 5.92 Å². The Kier molecular flexibility index (Phi) is 6.69. The molecule has 1 aliphatic rings. The van der Waals surface area contributed by atoms with Crippen molar-refractivity contribution >= 4 is 11.7 Å². The minimum Gasteiger partial charge on any atom is -0.436 e. The number of para-hydroxylation sites is 1. The molecule has 0 bridgehead atoms. The van der Waals surface area contributed by atoms with E-state index in [1.807, 2.05) is 37.3 Å². The summed E-state index contributed by atoms with van der Waals surface area (Å²) < 4.78 is 5.96. The van der Waals surface area contributed by atoms with Gasteiger partial charge in [-0.1, -0.05) is 36.4 Å². The van der Waals surface area contributed by atoms with Crippen molar-refractivity contribution in [3.05, 3.63) is 77.6 Å². The summed E-state index contributed by atoms with van der Waals surface area (Å²) in [6.45, 7) is 7.72. The summed E-state index contributed by atoms with van der Waals surface area (Å²) in [5.41, 5.74) is 3.65. The lowest BCUT2D eigenvalue weighted by atomic mass is 9.95. The SMILES string of the molecule is Cc1ccc([C@H](C)NC(=O)C2CCN(c3nccnc3Oc3ccccc3)CC2)cc1C. The number of piperidine rings is 1. The van der Waals surface area contributed by atoms with Gasteiger partial charge in [-0.05, 0) is 62.4 Å². The van der Waals surface area contributed by atoms with Crippen molar-refractivity contribution < 1.29 is 9.53 Å². The normalized spacial score (nSPS) is 15.3. The van der Waals surface area contributed by atoms with E-state index in [2.05, 4.69) is 52.2 Å². The first-order valence-corrected chi connectivity index (χ1v) is 11.2. The summed E-state index contributed by atoms with van der Waals surface area (Å²) in [6.07, 6.45) is 4.85. The molecule has 0 unspecified atom stereocenters. The smallest absolute Gasteiger partial charge is 0.263 e. The van der Waals surface area contributed by atoms with E-state index in [-0.39, 0.29) is 17.9 Å². The lowest BCUT2D eigenvalue weighted by molar-refractivity contribution is -0.126. The zero-order valence-corrected chi connectivity index (χ0v) is 18.9. The molecule has 6 nitrogen and oxygen atoms in total. The molecule has 0 spiro atoms. The molecule has 32 heavy (non-hydrogen) atoms. The third kappa shape index (κ3) is 5.07. The Morgan fingerprint density at radius 3 is 2.47 bits per heavy atom. The minimum atomic E-state index is -0.00862. The number of anilines is 1. The minimum absolute atomic E-state index is 0.00425. The van der Waals surface area contributed by atoms with Crippen LogP contribution in [0.3, 0.4) is 0 Å². The van der Waals surface area contributed by atoms with Crippen LogP contribution < -0.4 is 15.0 Å². The Morgan fingerprint density at radius 1 is 1.03 bits per heavy atom. The van der Waals surface area contributed by atoms with E-state index < -0.39 is 0 Å². The molecule has 1 fully saturated rings. The van der Waals surface area contributed by atoms with Gasteiger partial charge in [0, 0.05) is 31.4 Å². The van der Waals surface area contributed by atoms with Gasteiger partial charge in [0.25, 0.3) is 5.88 Å². The Bertz CT molecular complexity index is 1060. The third-order valence-electron chi connectivity index (χ3n) is 6.16. The molecule has 166 valence electrons. The quantitative estimate of drug-likeness (QED) is 0.597. The number of carbonyl (C=O) groups is 1. The number of hydrogen-bond donors (Lipinski definition) is 1. The van der Waals surface area contributed by atoms with E-state index in [1.165, 1.54) is 11.1 Å². The highest BCUT2D eigenvalue weighted by molar-refractivity contribution is 5.79. The average molecular weight is 431 g/mol. The van der Waals surface area contributed by atoms with E-state index in [1.54, 1.807) is 12.4 Å². The molecule has 1 aliphatic heterocycles. The van der Waals surface area contributed by atoms with Crippen LogP contribution in [-0.2, 0) is 4.79 Å². The van der Waals surface area contributed by atoms with E-state index >= 15 is 0 Å². The van der Waals surface area contributed by atoms with Gasteiger partial charge in [-0.2, -0.15) is 0 Å². The highest BCUT2D eigenvalue weighted by Crippen LogP contribution is 2.31. The van der Waals surface area contributed by atoms with E-state index in [0.717, 1.165) is 43.1 Å². The average Bonchev–Trinajstić information content (AvgIpc) is 2.82. The summed E-state index contributed by atoms with van der Waals surface area (Å²) in [5, 5.41) is 3.20. The van der Waals surface area contributed by atoms with Gasteiger partial charge < -0.3 is 15.0 Å². The molecule has 1 atom stereocenters. The van der Waals surface area contributed by atoms with Crippen molar-refractivity contribution in [3.63, 3.8) is 0 Å². The predicted molar refractivity (Wildman–Crippen MR) is 126 cm³/mol. The first kappa shape index (κ1) is 21.8. The van der Waals surface area contributed by atoms with Crippen LogP contribution in [0.2, 0.25) is 0 Å². The molecule has 2 aromatic carbocycles. The second-order valence-corrected chi connectivity index (χ2v) is 8.44. The third-order valence-corrected chi connectivity index (χ3v) is 6.16. The van der Waals surface area contributed by atoms with Crippen LogP contribution in [0.15, 0.2) is 60.9 Å². The van der Waals surface area contributed by atoms with Crippen molar-refractivity contribution in [3.8, 4) is 11.6 Å². The second-order valence-electron chi connectivity index (χ2n) is 8.44. The van der Waals surface area contributed by atoms with Gasteiger partial charge in [-0.15, -0.1) is 0 Å². The van der Waals surface area contributed by atoms with Gasteiger partial charge >= 0.3 is 0 Å². The van der Waals surface area contributed by atoms with Crippen LogP contribution in [0.5, 0.6) is 11.6 Å². The summed E-state index contributed by atoms with van der Waals surface area (Å²) in [7, 11) is 0. The lowest BCUT2D eigenvalue weighted by Crippen LogP contribution is -2.41. The van der Waals surface area contributed by atoms with Crippen LogP contribution in [0.4, 0.5) is 5.82 Å². The molecule has 6 heteroatoms. The number of carbonyl (C=O) groups excluding carboxylic acids is 1. The standard InChI is InChI=1S/C26H30N4O2/c1-18-9-10-22(17-19(18)2)20(3)29-25(31)21-11-15-30(16-12-21)24-26(28-14-13-27-24)32-23-7-5-4-6-8-23/h4-10,13-14,17,20-21H,11-12,15-16H2,1-3H3,(H,29,31)/t20-/m0/s1. The second kappa shape index (κ2) is 9.81. The highest BCUT2D eigenvalue weighted by Gasteiger charge is 2.28. The fraction of sp³-hybridized carbons (Fsp3) is 0.346. The fourth-order valence-corrected chi connectivity index (χ4v) is 4.01. The number of benzene rings is 2. The van der Waals surface area contributed by atoms with Crippen LogP contribution >= 0.6 is 0 Å². The van der Waals surface area contributed by atoms with Gasteiger partial charge in [-0.3, -0.25) is 4.79 Å². The van der Waals surface area contributed by atoms with Gasteiger partial charge in [0.1, 0.15) is 5.75 Å². The molecule has 4 rings (SSSR count). The summed E-state index contributed by atoms with van der Waals surface area (Å²) in [6, 6.07) is 15.9. The molecule has 0 saturated carbocycles. The van der Waals surface area contributed by atoms with Gasteiger partial charge in [0.15, 0.2) is 5.82 Å². The zero-order chi connectivity index (χ0) is 22.5. The van der Waals surface area contributed by atoms with Crippen LogP contribution in [-0.4, -0.2) is 29.0 Å². The molecular weight excluding hydrogens is 400 g/mol. The Balaban J connectivity index is 1.36. The molecule has 3 aromatic rings. The maximum atomic E-state index is 12.9. The fourth-order valence-electron chi connectivity index (χ4n) is 4.01. The summed E-state index contributed by atoms with van der Waals surface area (Å²) >= 11 is 0. The van der Waals surface area contributed by atoms with Crippen LogP contribution in [0.25, 0.3) is 0 Å². The molecule has 0 aliphatic carbocycles. The number of ether oxygens (including phenoxy) is 1. The zero-order valence-electron chi connectivity index (χ0n) is 18.9. The number of aromatic nitrogens is 2. The predicted octanol–water partition coefficient (Wildman–Crippen LogP) is 4.98. The monoisotopic (exact) mass is 430 g/mol. The van der Waals surface area contributed by atoms with E-state index in [4.69, 9.17) is 4.74 Å². The number of rotatable bonds is 6. The lowest BCUT2D eigenvalue weighted by Gasteiger charge is -2.33. The number of nitrogens with zero attached hydrogens (tertiary/aromatic N) is 3. The summed E-state index contributed by atoms with van der Waals surface area (Å²) in [4.78, 5) is 24.0. The molecule has 1 N–H and O–H groups in total. The maximum Gasteiger partial charge on any atom is 0.263 e. The Labute approximate surface area is 189 Å². The van der Waals surface area contributed by atoms with E-state index in [0.29, 0.717) is 5.88 Å². The van der Waals surface area contributed by atoms with Crippen molar-refractivity contribution in [2.75, 3.05) is 18.0 Å². The van der Waals surface area contributed by atoms with Gasteiger partial charge in [0.2, 0.25) is 5.91 Å². The number of hydrogen-bond acceptors (Lipinski definition) is 5. The Morgan fingerprint density at radius 2 is 1.75 bits per heavy atom. The largest absolute Gasteiger partial charge is 0.436 e. The van der Waals surface area contributed by atoms with Crippen molar-refractivity contribution in [1.82, 2.24) is 15.3 Å². The van der Waals surface area contributed by atoms with Gasteiger partial charge in [0.05, 0.1) is 6.04 Å². The molecule has 1 aromatic heterocycles. The molecular formula is C26H30N4O2. The van der Waals surface area contributed by atoms with Crippen molar-refractivity contribution in [1.29, 1.82) is 0 Å². The topological polar surface area (TPSA) is 67.4 Å². The number of aryl methyl sites for hydroxylation is 2. The molecule has 1 amide bonds. The van der Waals surface area contributed by atoms with Crippen LogP contribution in [0.1, 0.15) is 42.5 Å². The number of nitrogens with one attached hydrogen (secondary N) is 1.